The minimum Gasteiger partial charge on any atom is -0.496 e. The SMILES string of the molecule is COc1cc(N=O)ccc1-c1cn(COCC[Si](C)(C)C)cn1. The summed E-state index contributed by atoms with van der Waals surface area (Å²) in [6.07, 6.45) is 3.63. The van der Waals surface area contributed by atoms with Crippen molar-refractivity contribution in [3.63, 3.8) is 0 Å². The zero-order valence-electron chi connectivity index (χ0n) is 14.1. The van der Waals surface area contributed by atoms with Gasteiger partial charge >= 0.3 is 0 Å². The molecule has 2 aromatic rings. The number of hydrogen-bond donors (Lipinski definition) is 0. The van der Waals surface area contributed by atoms with Gasteiger partial charge in [0.2, 0.25) is 0 Å². The highest BCUT2D eigenvalue weighted by molar-refractivity contribution is 6.76. The Bertz CT molecular complexity index is 665. The average molecular weight is 333 g/mol. The van der Waals surface area contributed by atoms with Gasteiger partial charge in [0.05, 0.1) is 19.1 Å². The molecule has 0 saturated heterocycles. The molecule has 0 aliphatic carbocycles. The van der Waals surface area contributed by atoms with Gasteiger partial charge in [-0.1, -0.05) is 19.6 Å². The molecular formula is C16H23N3O3Si. The van der Waals surface area contributed by atoms with Gasteiger partial charge in [-0.25, -0.2) is 4.98 Å². The quantitative estimate of drug-likeness (QED) is 0.411. The summed E-state index contributed by atoms with van der Waals surface area (Å²) in [5.41, 5.74) is 1.92. The average Bonchev–Trinajstić information content (AvgIpc) is 2.98. The molecule has 0 N–H and O–H groups in total. The normalized spacial score (nSPS) is 11.5. The van der Waals surface area contributed by atoms with Crippen molar-refractivity contribution in [2.75, 3.05) is 13.7 Å². The van der Waals surface area contributed by atoms with Crippen molar-refractivity contribution in [2.24, 2.45) is 5.18 Å². The molecule has 2 rings (SSSR count). The van der Waals surface area contributed by atoms with Gasteiger partial charge in [0.1, 0.15) is 18.2 Å². The zero-order valence-corrected chi connectivity index (χ0v) is 15.1. The Morgan fingerprint density at radius 3 is 2.74 bits per heavy atom. The standard InChI is InChI=1S/C16H23N3O3Si/c1-21-16-9-13(18-20)5-6-14(16)15-10-19(11-17-15)12-22-7-8-23(2,3)4/h5-6,9-11H,7-8,12H2,1-4H3. The Kier molecular flexibility index (Phi) is 5.67. The van der Waals surface area contributed by atoms with Crippen molar-refractivity contribution < 1.29 is 9.47 Å². The summed E-state index contributed by atoms with van der Waals surface area (Å²) in [5, 5.41) is 2.92. The maximum Gasteiger partial charge on any atom is 0.130 e. The second kappa shape index (κ2) is 7.52. The molecule has 0 bridgehead atoms. The molecule has 0 aliphatic heterocycles. The molecule has 0 fully saturated rings. The molecule has 0 atom stereocenters. The van der Waals surface area contributed by atoms with Crippen LogP contribution in [-0.4, -0.2) is 31.3 Å². The summed E-state index contributed by atoms with van der Waals surface area (Å²) < 4.78 is 12.9. The van der Waals surface area contributed by atoms with Gasteiger partial charge in [-0.2, -0.15) is 0 Å². The monoisotopic (exact) mass is 333 g/mol. The fraction of sp³-hybridized carbons (Fsp3) is 0.438. The van der Waals surface area contributed by atoms with E-state index in [-0.39, 0.29) is 0 Å². The molecule has 0 aliphatic rings. The molecule has 124 valence electrons. The first-order valence-electron chi connectivity index (χ1n) is 7.54. The van der Waals surface area contributed by atoms with Crippen LogP contribution < -0.4 is 4.74 Å². The van der Waals surface area contributed by atoms with Crippen LogP contribution in [0.25, 0.3) is 11.3 Å². The van der Waals surface area contributed by atoms with Crippen molar-refractivity contribution >= 4 is 13.8 Å². The lowest BCUT2D eigenvalue weighted by molar-refractivity contribution is 0.0871. The Morgan fingerprint density at radius 2 is 2.09 bits per heavy atom. The first-order valence-corrected chi connectivity index (χ1v) is 11.2. The van der Waals surface area contributed by atoms with E-state index in [9.17, 15) is 4.91 Å². The van der Waals surface area contributed by atoms with Crippen LogP contribution in [0.5, 0.6) is 5.75 Å². The number of benzene rings is 1. The maximum absolute atomic E-state index is 10.6. The highest BCUT2D eigenvalue weighted by atomic mass is 28.3. The minimum absolute atomic E-state index is 0.333. The highest BCUT2D eigenvalue weighted by Gasteiger charge is 2.13. The molecule has 6 nitrogen and oxygen atoms in total. The fourth-order valence-corrected chi connectivity index (χ4v) is 2.82. The maximum atomic E-state index is 10.6. The van der Waals surface area contributed by atoms with Gasteiger partial charge in [0, 0.05) is 32.5 Å². The predicted molar refractivity (Wildman–Crippen MR) is 93.8 cm³/mol. The summed E-state index contributed by atoms with van der Waals surface area (Å²) in [5.74, 6) is 0.576. The Labute approximate surface area is 137 Å². The molecule has 0 unspecified atom stereocenters. The van der Waals surface area contributed by atoms with Crippen molar-refractivity contribution in [1.82, 2.24) is 9.55 Å². The number of hydrogen-bond acceptors (Lipinski definition) is 5. The lowest BCUT2D eigenvalue weighted by Gasteiger charge is -2.15. The van der Waals surface area contributed by atoms with E-state index in [0.717, 1.165) is 23.9 Å². The van der Waals surface area contributed by atoms with E-state index in [1.165, 1.54) is 0 Å². The number of aromatic nitrogens is 2. The molecule has 0 saturated carbocycles. The summed E-state index contributed by atoms with van der Waals surface area (Å²) in [4.78, 5) is 15.0. The van der Waals surface area contributed by atoms with Crippen molar-refractivity contribution in [1.29, 1.82) is 0 Å². The van der Waals surface area contributed by atoms with Crippen LogP contribution in [-0.2, 0) is 11.5 Å². The van der Waals surface area contributed by atoms with Crippen molar-refractivity contribution in [3.8, 4) is 17.0 Å². The van der Waals surface area contributed by atoms with E-state index in [1.54, 1.807) is 31.6 Å². The largest absolute Gasteiger partial charge is 0.496 e. The number of nitrogens with zero attached hydrogens (tertiary/aromatic N) is 3. The topological polar surface area (TPSA) is 65.7 Å². The summed E-state index contributed by atoms with van der Waals surface area (Å²) in [6, 6.07) is 6.18. The summed E-state index contributed by atoms with van der Waals surface area (Å²) >= 11 is 0. The third-order valence-electron chi connectivity index (χ3n) is 3.44. The Hall–Kier alpha value is -1.99. The fourth-order valence-electron chi connectivity index (χ4n) is 2.07. The lowest BCUT2D eigenvalue weighted by Crippen LogP contribution is -2.21. The predicted octanol–water partition coefficient (Wildman–Crippen LogP) is 4.27. The van der Waals surface area contributed by atoms with Crippen LogP contribution in [0.2, 0.25) is 25.7 Å². The smallest absolute Gasteiger partial charge is 0.130 e. The van der Waals surface area contributed by atoms with Crippen LogP contribution in [0.1, 0.15) is 0 Å². The van der Waals surface area contributed by atoms with Crippen LogP contribution in [0.3, 0.4) is 0 Å². The van der Waals surface area contributed by atoms with Crippen LogP contribution in [0, 0.1) is 4.91 Å². The van der Waals surface area contributed by atoms with Crippen LogP contribution in [0.15, 0.2) is 35.9 Å². The van der Waals surface area contributed by atoms with Crippen LogP contribution in [0.4, 0.5) is 5.69 Å². The van der Waals surface area contributed by atoms with Crippen LogP contribution >= 0.6 is 0 Å². The van der Waals surface area contributed by atoms with Gasteiger partial charge in [-0.3, -0.25) is 0 Å². The second-order valence-corrected chi connectivity index (χ2v) is 12.2. The Balaban J connectivity index is 2.03. The number of rotatable bonds is 8. The molecule has 7 heteroatoms. The molecule has 0 radical (unpaired) electrons. The lowest BCUT2D eigenvalue weighted by atomic mass is 10.1. The third-order valence-corrected chi connectivity index (χ3v) is 5.14. The van der Waals surface area contributed by atoms with Gasteiger partial charge in [0.25, 0.3) is 0 Å². The second-order valence-electron chi connectivity index (χ2n) is 6.60. The van der Waals surface area contributed by atoms with Gasteiger partial charge < -0.3 is 14.0 Å². The number of ether oxygens (including phenoxy) is 2. The third kappa shape index (κ3) is 5.00. The zero-order chi connectivity index (χ0) is 16.9. The highest BCUT2D eigenvalue weighted by Crippen LogP contribution is 2.32. The molecule has 0 amide bonds. The Morgan fingerprint density at radius 1 is 1.30 bits per heavy atom. The van der Waals surface area contributed by atoms with E-state index < -0.39 is 8.07 Å². The van der Waals surface area contributed by atoms with E-state index in [0.29, 0.717) is 18.2 Å². The van der Waals surface area contributed by atoms with Gasteiger partial charge in [-0.05, 0) is 23.4 Å². The molecule has 1 aromatic heterocycles. The van der Waals surface area contributed by atoms with Gasteiger partial charge in [0.15, 0.2) is 0 Å². The summed E-state index contributed by atoms with van der Waals surface area (Å²) in [7, 11) is 0.494. The number of methoxy groups -OCH3 is 1. The molecule has 0 spiro atoms. The van der Waals surface area contributed by atoms with Crippen molar-refractivity contribution in [3.05, 3.63) is 35.6 Å². The summed E-state index contributed by atoms with van der Waals surface area (Å²) in [6.45, 7) is 8.24. The minimum atomic E-state index is -1.07. The number of imidazole rings is 1. The molecular weight excluding hydrogens is 310 g/mol. The molecule has 1 aromatic carbocycles. The van der Waals surface area contributed by atoms with E-state index in [2.05, 4.69) is 29.8 Å². The molecule has 1 heterocycles. The first kappa shape index (κ1) is 17.4. The first-order chi connectivity index (χ1) is 10.9. The van der Waals surface area contributed by atoms with Gasteiger partial charge in [-0.15, -0.1) is 4.91 Å². The van der Waals surface area contributed by atoms with E-state index >= 15 is 0 Å². The number of nitroso groups, excluding NO2 is 1. The van der Waals surface area contributed by atoms with E-state index in [1.807, 2.05) is 10.8 Å². The van der Waals surface area contributed by atoms with E-state index in [4.69, 9.17) is 9.47 Å². The van der Waals surface area contributed by atoms with Crippen molar-refractivity contribution in [2.45, 2.75) is 32.4 Å². The molecule has 23 heavy (non-hydrogen) atoms.